The minimum absolute atomic E-state index is 0.0474. The highest BCUT2D eigenvalue weighted by molar-refractivity contribution is 7.91. The zero-order chi connectivity index (χ0) is 6.62. The van der Waals surface area contributed by atoms with E-state index in [1.807, 2.05) is 0 Å². The standard InChI is InChI=1S/C4H8O3S/c1-2-8(6,7)4-3-5/h3H,2,4H2,1H3. The number of carbonyl (C=O) groups excluding carboxylic acids is 1. The Morgan fingerprint density at radius 3 is 2.12 bits per heavy atom. The molecule has 0 unspecified atom stereocenters. The van der Waals surface area contributed by atoms with Crippen LogP contribution in [-0.2, 0) is 14.6 Å². The van der Waals surface area contributed by atoms with Crippen LogP contribution in [0.5, 0.6) is 0 Å². The Morgan fingerprint density at radius 1 is 1.50 bits per heavy atom. The van der Waals surface area contributed by atoms with Crippen molar-refractivity contribution in [3.8, 4) is 0 Å². The summed E-state index contributed by atoms with van der Waals surface area (Å²) in [6.45, 7) is 1.51. The topological polar surface area (TPSA) is 51.2 Å². The zero-order valence-corrected chi connectivity index (χ0v) is 5.44. The molecule has 0 atom stereocenters. The second-order valence-electron chi connectivity index (χ2n) is 1.37. The molecule has 0 aliphatic rings. The van der Waals surface area contributed by atoms with Crippen LogP contribution >= 0.6 is 0 Å². The van der Waals surface area contributed by atoms with Gasteiger partial charge in [-0.05, 0) is 0 Å². The van der Waals surface area contributed by atoms with E-state index < -0.39 is 9.84 Å². The van der Waals surface area contributed by atoms with E-state index in [-0.39, 0.29) is 11.5 Å². The molecule has 0 saturated carbocycles. The molecule has 0 amide bonds. The quantitative estimate of drug-likeness (QED) is 0.497. The second-order valence-corrected chi connectivity index (χ2v) is 3.76. The van der Waals surface area contributed by atoms with Crippen LogP contribution < -0.4 is 0 Å². The van der Waals surface area contributed by atoms with Crippen molar-refractivity contribution in [1.82, 2.24) is 0 Å². The molecule has 0 aromatic heterocycles. The zero-order valence-electron chi connectivity index (χ0n) is 4.62. The van der Waals surface area contributed by atoms with Gasteiger partial charge in [0.05, 0.1) is 0 Å². The van der Waals surface area contributed by atoms with Gasteiger partial charge in [-0.1, -0.05) is 6.92 Å². The van der Waals surface area contributed by atoms with Crippen LogP contribution in [0.4, 0.5) is 0 Å². The Bertz CT molecular complexity index is 156. The summed E-state index contributed by atoms with van der Waals surface area (Å²) in [6, 6.07) is 0. The van der Waals surface area contributed by atoms with Gasteiger partial charge in [-0.25, -0.2) is 8.42 Å². The van der Waals surface area contributed by atoms with Crippen molar-refractivity contribution in [2.75, 3.05) is 11.5 Å². The molecular formula is C4H8O3S. The number of hydrogen-bond acceptors (Lipinski definition) is 3. The fourth-order valence-electron chi connectivity index (χ4n) is 0.222. The molecule has 0 saturated heterocycles. The fraction of sp³-hybridized carbons (Fsp3) is 0.750. The summed E-state index contributed by atoms with van der Waals surface area (Å²) in [5.74, 6) is -0.296. The molecule has 0 aliphatic heterocycles. The molecule has 0 N–H and O–H groups in total. The Balaban J connectivity index is 3.94. The minimum atomic E-state index is -3.04. The fourth-order valence-corrected chi connectivity index (χ4v) is 0.665. The van der Waals surface area contributed by atoms with E-state index in [9.17, 15) is 13.2 Å². The van der Waals surface area contributed by atoms with Gasteiger partial charge in [-0.3, -0.25) is 0 Å². The van der Waals surface area contributed by atoms with Gasteiger partial charge < -0.3 is 4.79 Å². The number of aldehydes is 1. The molecule has 0 rings (SSSR count). The molecule has 48 valence electrons. The maximum atomic E-state index is 10.4. The second kappa shape index (κ2) is 2.81. The van der Waals surface area contributed by atoms with Crippen molar-refractivity contribution in [3.05, 3.63) is 0 Å². The van der Waals surface area contributed by atoms with E-state index in [1.165, 1.54) is 6.92 Å². The summed E-state index contributed by atoms with van der Waals surface area (Å²) in [7, 11) is -3.04. The number of carbonyl (C=O) groups is 1. The molecule has 0 fully saturated rings. The Hall–Kier alpha value is -0.380. The van der Waals surface area contributed by atoms with Crippen molar-refractivity contribution in [3.63, 3.8) is 0 Å². The van der Waals surface area contributed by atoms with Crippen LogP contribution in [0, 0.1) is 0 Å². The van der Waals surface area contributed by atoms with E-state index >= 15 is 0 Å². The average Bonchev–Trinajstić information content (AvgIpc) is 1.67. The molecule has 0 aromatic carbocycles. The normalized spacial score (nSPS) is 11.1. The van der Waals surface area contributed by atoms with Crippen LogP contribution in [0.3, 0.4) is 0 Å². The lowest BCUT2D eigenvalue weighted by Gasteiger charge is -1.88. The van der Waals surface area contributed by atoms with Gasteiger partial charge in [-0.2, -0.15) is 0 Å². The molecule has 0 spiro atoms. The third kappa shape index (κ3) is 2.74. The lowest BCUT2D eigenvalue weighted by atomic mass is 10.9. The van der Waals surface area contributed by atoms with Crippen molar-refractivity contribution < 1.29 is 13.2 Å². The smallest absolute Gasteiger partial charge is 0.156 e. The van der Waals surface area contributed by atoms with Crippen LogP contribution in [-0.4, -0.2) is 26.2 Å². The van der Waals surface area contributed by atoms with E-state index in [0.717, 1.165) is 0 Å². The van der Waals surface area contributed by atoms with Crippen LogP contribution in [0.15, 0.2) is 0 Å². The summed E-state index contributed by atoms with van der Waals surface area (Å²) >= 11 is 0. The minimum Gasteiger partial charge on any atom is -0.302 e. The van der Waals surface area contributed by atoms with Crippen LogP contribution in [0.2, 0.25) is 0 Å². The van der Waals surface area contributed by atoms with Crippen molar-refractivity contribution in [1.29, 1.82) is 0 Å². The van der Waals surface area contributed by atoms with Gasteiger partial charge in [0.25, 0.3) is 0 Å². The van der Waals surface area contributed by atoms with E-state index in [2.05, 4.69) is 0 Å². The molecule has 0 aliphatic carbocycles. The maximum absolute atomic E-state index is 10.4. The first-order valence-corrected chi connectivity index (χ1v) is 4.08. The summed E-state index contributed by atoms with van der Waals surface area (Å²) in [6.07, 6.45) is 0.402. The third-order valence-corrected chi connectivity index (χ3v) is 2.29. The van der Waals surface area contributed by atoms with E-state index in [0.29, 0.717) is 6.29 Å². The maximum Gasteiger partial charge on any atom is 0.156 e. The summed E-state index contributed by atoms with van der Waals surface area (Å²) in [5.41, 5.74) is 0. The highest BCUT2D eigenvalue weighted by Crippen LogP contribution is 1.83. The van der Waals surface area contributed by atoms with Gasteiger partial charge in [-0.15, -0.1) is 0 Å². The first kappa shape index (κ1) is 7.62. The largest absolute Gasteiger partial charge is 0.302 e. The highest BCUT2D eigenvalue weighted by atomic mass is 32.2. The van der Waals surface area contributed by atoms with Gasteiger partial charge >= 0.3 is 0 Å². The molecule has 3 nitrogen and oxygen atoms in total. The Labute approximate surface area is 48.6 Å². The Kier molecular flexibility index (Phi) is 2.68. The number of hydrogen-bond donors (Lipinski definition) is 0. The monoisotopic (exact) mass is 136 g/mol. The first-order valence-electron chi connectivity index (χ1n) is 2.26. The molecular weight excluding hydrogens is 128 g/mol. The molecule has 0 radical (unpaired) electrons. The van der Waals surface area contributed by atoms with Crippen LogP contribution in [0.1, 0.15) is 6.92 Å². The van der Waals surface area contributed by atoms with E-state index in [1.54, 1.807) is 0 Å². The van der Waals surface area contributed by atoms with Crippen molar-refractivity contribution in [2.24, 2.45) is 0 Å². The van der Waals surface area contributed by atoms with Gasteiger partial charge in [0.2, 0.25) is 0 Å². The predicted octanol–water partition coefficient (Wildman–Crippen LogP) is -0.380. The molecule has 8 heavy (non-hydrogen) atoms. The van der Waals surface area contributed by atoms with Crippen LogP contribution in [0.25, 0.3) is 0 Å². The van der Waals surface area contributed by atoms with E-state index in [4.69, 9.17) is 0 Å². The summed E-state index contributed by atoms with van der Waals surface area (Å²) in [5, 5.41) is 0. The van der Waals surface area contributed by atoms with Gasteiger partial charge in [0, 0.05) is 5.75 Å². The lowest BCUT2D eigenvalue weighted by Crippen LogP contribution is -2.08. The third-order valence-electron chi connectivity index (χ3n) is 0.762. The molecule has 0 bridgehead atoms. The summed E-state index contributed by atoms with van der Waals surface area (Å²) < 4.78 is 20.7. The average molecular weight is 136 g/mol. The predicted molar refractivity (Wildman–Crippen MR) is 30.4 cm³/mol. The SMILES string of the molecule is CCS(=O)(=O)CC=O. The first-order chi connectivity index (χ1) is 3.62. The number of rotatable bonds is 3. The highest BCUT2D eigenvalue weighted by Gasteiger charge is 2.03. The Morgan fingerprint density at radius 2 is 2.00 bits per heavy atom. The molecule has 0 aromatic rings. The molecule has 0 heterocycles. The van der Waals surface area contributed by atoms with Crippen molar-refractivity contribution in [2.45, 2.75) is 6.92 Å². The number of sulfone groups is 1. The molecule has 4 heteroatoms. The lowest BCUT2D eigenvalue weighted by molar-refractivity contribution is -0.105. The summed E-state index contributed by atoms with van der Waals surface area (Å²) in [4.78, 5) is 9.60. The van der Waals surface area contributed by atoms with Gasteiger partial charge in [0.1, 0.15) is 12.0 Å². The van der Waals surface area contributed by atoms with Crippen molar-refractivity contribution >= 4 is 16.1 Å². The van der Waals surface area contributed by atoms with Gasteiger partial charge in [0.15, 0.2) is 9.84 Å².